The third kappa shape index (κ3) is 1.42. The molecule has 0 atom stereocenters. The van der Waals surface area contributed by atoms with Crippen LogP contribution in [0.2, 0.25) is 0 Å². The summed E-state index contributed by atoms with van der Waals surface area (Å²) < 4.78 is 2.28. The van der Waals surface area contributed by atoms with Crippen LogP contribution in [0.4, 0.5) is 0 Å². The van der Waals surface area contributed by atoms with Crippen molar-refractivity contribution in [3.05, 3.63) is 60.2 Å². The molecule has 0 aliphatic rings. The molecular formula is C18H15N. The van der Waals surface area contributed by atoms with Crippen LogP contribution in [0.1, 0.15) is 5.56 Å². The molecule has 92 valence electrons. The molecule has 0 amide bonds. The maximum atomic E-state index is 2.32. The highest BCUT2D eigenvalue weighted by atomic mass is 14.9. The van der Waals surface area contributed by atoms with Gasteiger partial charge in [-0.1, -0.05) is 42.0 Å². The molecule has 0 spiro atoms. The summed E-state index contributed by atoms with van der Waals surface area (Å²) in [7, 11) is 2.14. The quantitative estimate of drug-likeness (QED) is 0.419. The minimum atomic E-state index is 1.30. The minimum Gasteiger partial charge on any atom is -0.344 e. The zero-order valence-corrected chi connectivity index (χ0v) is 11.1. The Balaban J connectivity index is 2.28. The third-order valence-corrected chi connectivity index (χ3v) is 4.03. The summed E-state index contributed by atoms with van der Waals surface area (Å²) in [5, 5.41) is 5.31. The van der Waals surface area contributed by atoms with E-state index in [2.05, 4.69) is 73.1 Å². The van der Waals surface area contributed by atoms with Crippen LogP contribution in [0, 0.1) is 6.92 Å². The van der Waals surface area contributed by atoms with Gasteiger partial charge in [0.25, 0.3) is 0 Å². The molecule has 1 aromatic heterocycles. The van der Waals surface area contributed by atoms with Gasteiger partial charge in [-0.3, -0.25) is 0 Å². The summed E-state index contributed by atoms with van der Waals surface area (Å²) >= 11 is 0. The second-order valence-electron chi connectivity index (χ2n) is 5.30. The minimum absolute atomic E-state index is 1.30. The number of aromatic nitrogens is 1. The Bertz CT molecular complexity index is 929. The van der Waals surface area contributed by atoms with Crippen molar-refractivity contribution < 1.29 is 0 Å². The van der Waals surface area contributed by atoms with E-state index in [0.29, 0.717) is 0 Å². The molecular weight excluding hydrogens is 230 g/mol. The van der Waals surface area contributed by atoms with Crippen LogP contribution in [-0.2, 0) is 7.05 Å². The molecule has 3 aromatic carbocycles. The fourth-order valence-corrected chi connectivity index (χ4v) is 3.02. The van der Waals surface area contributed by atoms with Gasteiger partial charge in [0.15, 0.2) is 0 Å². The number of para-hydroxylation sites is 1. The lowest BCUT2D eigenvalue weighted by molar-refractivity contribution is 1.02. The molecule has 1 heterocycles. The monoisotopic (exact) mass is 245 g/mol. The molecule has 0 saturated heterocycles. The predicted octanol–water partition coefficient (Wildman–Crippen LogP) is 4.79. The van der Waals surface area contributed by atoms with E-state index >= 15 is 0 Å². The third-order valence-electron chi connectivity index (χ3n) is 4.03. The average Bonchev–Trinajstić information content (AvgIpc) is 2.70. The van der Waals surface area contributed by atoms with Crippen molar-refractivity contribution in [2.45, 2.75) is 6.92 Å². The molecule has 19 heavy (non-hydrogen) atoms. The topological polar surface area (TPSA) is 4.93 Å². The normalized spacial score (nSPS) is 11.7. The molecule has 0 bridgehead atoms. The molecule has 4 rings (SSSR count). The van der Waals surface area contributed by atoms with Gasteiger partial charge in [-0.2, -0.15) is 0 Å². The molecule has 1 heteroatoms. The van der Waals surface area contributed by atoms with Crippen molar-refractivity contribution >= 4 is 32.6 Å². The Kier molecular flexibility index (Phi) is 2.02. The Hall–Kier alpha value is -2.28. The van der Waals surface area contributed by atoms with Gasteiger partial charge in [0.1, 0.15) is 0 Å². The SMILES string of the molecule is Cc1ccc2cc3c(cc2c1)c1ccccc1n3C. The van der Waals surface area contributed by atoms with Gasteiger partial charge in [-0.05, 0) is 35.9 Å². The van der Waals surface area contributed by atoms with Crippen molar-refractivity contribution in [2.75, 3.05) is 0 Å². The van der Waals surface area contributed by atoms with Crippen LogP contribution < -0.4 is 0 Å². The lowest BCUT2D eigenvalue weighted by Gasteiger charge is -2.02. The number of hydrogen-bond donors (Lipinski definition) is 0. The average molecular weight is 245 g/mol. The van der Waals surface area contributed by atoms with E-state index < -0.39 is 0 Å². The van der Waals surface area contributed by atoms with Crippen LogP contribution in [0.25, 0.3) is 32.6 Å². The van der Waals surface area contributed by atoms with Gasteiger partial charge < -0.3 is 4.57 Å². The smallest absolute Gasteiger partial charge is 0.0495 e. The van der Waals surface area contributed by atoms with Gasteiger partial charge in [-0.15, -0.1) is 0 Å². The Morgan fingerprint density at radius 3 is 2.47 bits per heavy atom. The second kappa shape index (κ2) is 3.61. The summed E-state index contributed by atoms with van der Waals surface area (Å²) in [6.07, 6.45) is 0. The molecule has 1 nitrogen and oxygen atoms in total. The van der Waals surface area contributed by atoms with Crippen molar-refractivity contribution in [1.29, 1.82) is 0 Å². The largest absolute Gasteiger partial charge is 0.344 e. The lowest BCUT2D eigenvalue weighted by Crippen LogP contribution is -1.86. The number of hydrogen-bond acceptors (Lipinski definition) is 0. The van der Waals surface area contributed by atoms with Gasteiger partial charge in [0.05, 0.1) is 0 Å². The van der Waals surface area contributed by atoms with E-state index in [4.69, 9.17) is 0 Å². The number of rotatable bonds is 0. The molecule has 0 aliphatic carbocycles. The van der Waals surface area contributed by atoms with Crippen molar-refractivity contribution in [1.82, 2.24) is 4.57 Å². The number of benzene rings is 3. The Morgan fingerprint density at radius 2 is 1.58 bits per heavy atom. The van der Waals surface area contributed by atoms with Crippen molar-refractivity contribution in [2.24, 2.45) is 7.05 Å². The number of aryl methyl sites for hydroxylation is 2. The molecule has 4 aromatic rings. The summed E-state index contributed by atoms with van der Waals surface area (Å²) in [4.78, 5) is 0. The van der Waals surface area contributed by atoms with Crippen LogP contribution in [-0.4, -0.2) is 4.57 Å². The fraction of sp³-hybridized carbons (Fsp3) is 0.111. The maximum absolute atomic E-state index is 2.32. The van der Waals surface area contributed by atoms with Crippen LogP contribution >= 0.6 is 0 Å². The van der Waals surface area contributed by atoms with Crippen LogP contribution in [0.3, 0.4) is 0 Å². The number of fused-ring (bicyclic) bond motifs is 4. The standard InChI is InChI=1S/C18H15N/c1-12-7-8-13-11-18-16(10-14(13)9-12)15-5-3-4-6-17(15)19(18)2/h3-11H,1-2H3. The van der Waals surface area contributed by atoms with Crippen molar-refractivity contribution in [3.63, 3.8) is 0 Å². The predicted molar refractivity (Wildman–Crippen MR) is 82.7 cm³/mol. The van der Waals surface area contributed by atoms with Crippen LogP contribution in [0.5, 0.6) is 0 Å². The second-order valence-corrected chi connectivity index (χ2v) is 5.30. The molecule has 0 unspecified atom stereocenters. The fourth-order valence-electron chi connectivity index (χ4n) is 3.02. The Labute approximate surface area is 112 Å². The molecule has 0 saturated carbocycles. The highest BCUT2D eigenvalue weighted by Gasteiger charge is 2.08. The molecule has 0 N–H and O–H groups in total. The van der Waals surface area contributed by atoms with Gasteiger partial charge in [0, 0.05) is 28.9 Å². The lowest BCUT2D eigenvalue weighted by atomic mass is 10.0. The zero-order chi connectivity index (χ0) is 13.0. The Morgan fingerprint density at radius 1 is 0.737 bits per heavy atom. The molecule has 0 fully saturated rings. The molecule has 0 aliphatic heterocycles. The summed E-state index contributed by atoms with van der Waals surface area (Å²) in [5.41, 5.74) is 3.91. The van der Waals surface area contributed by atoms with E-state index in [1.54, 1.807) is 0 Å². The van der Waals surface area contributed by atoms with Gasteiger partial charge >= 0.3 is 0 Å². The highest BCUT2D eigenvalue weighted by Crippen LogP contribution is 2.31. The summed E-state index contributed by atoms with van der Waals surface area (Å²) in [5.74, 6) is 0. The van der Waals surface area contributed by atoms with Gasteiger partial charge in [0.2, 0.25) is 0 Å². The van der Waals surface area contributed by atoms with E-state index in [9.17, 15) is 0 Å². The highest BCUT2D eigenvalue weighted by molar-refractivity contribution is 6.12. The molecule has 0 radical (unpaired) electrons. The van der Waals surface area contributed by atoms with Gasteiger partial charge in [-0.25, -0.2) is 0 Å². The first-order valence-electron chi connectivity index (χ1n) is 6.61. The first kappa shape index (κ1) is 10.6. The first-order chi connectivity index (χ1) is 9.24. The zero-order valence-electron chi connectivity index (χ0n) is 11.1. The summed E-state index contributed by atoms with van der Waals surface area (Å²) in [6, 6.07) is 19.9. The van der Waals surface area contributed by atoms with E-state index in [1.807, 2.05) is 0 Å². The number of nitrogens with zero attached hydrogens (tertiary/aromatic N) is 1. The summed E-state index contributed by atoms with van der Waals surface area (Å²) in [6.45, 7) is 2.15. The van der Waals surface area contributed by atoms with Crippen molar-refractivity contribution in [3.8, 4) is 0 Å². The van der Waals surface area contributed by atoms with E-state index in [1.165, 1.54) is 38.1 Å². The van der Waals surface area contributed by atoms with E-state index in [-0.39, 0.29) is 0 Å². The van der Waals surface area contributed by atoms with E-state index in [0.717, 1.165) is 0 Å². The maximum Gasteiger partial charge on any atom is 0.0495 e. The first-order valence-corrected chi connectivity index (χ1v) is 6.61. The van der Waals surface area contributed by atoms with Crippen LogP contribution in [0.15, 0.2) is 54.6 Å².